The van der Waals surface area contributed by atoms with Crippen molar-refractivity contribution in [3.05, 3.63) is 53.6 Å². The lowest BCUT2D eigenvalue weighted by molar-refractivity contribution is -0.136. The second-order valence-corrected chi connectivity index (χ2v) is 6.21. The molecule has 0 atom stereocenters. The maximum Gasteiger partial charge on any atom is 0.307 e. The van der Waals surface area contributed by atoms with Crippen LogP contribution in [0.5, 0.6) is 0 Å². The molecule has 3 nitrogen and oxygen atoms in total. The van der Waals surface area contributed by atoms with Gasteiger partial charge in [-0.05, 0) is 48.6 Å². The van der Waals surface area contributed by atoms with Crippen LogP contribution in [0.4, 0.5) is 0 Å². The summed E-state index contributed by atoms with van der Waals surface area (Å²) in [6.07, 6.45) is 2.06. The monoisotopic (exact) mass is 311 g/mol. The predicted molar refractivity (Wildman–Crippen MR) is 91.6 cm³/mol. The summed E-state index contributed by atoms with van der Waals surface area (Å²) in [5.74, 6) is -0.815. The van der Waals surface area contributed by atoms with Crippen LogP contribution in [-0.2, 0) is 11.2 Å². The summed E-state index contributed by atoms with van der Waals surface area (Å²) in [5.41, 5.74) is 4.87. The highest BCUT2D eigenvalue weighted by molar-refractivity contribution is 7.98. The molecular weight excluding hydrogens is 294 g/mol. The van der Waals surface area contributed by atoms with Gasteiger partial charge >= 0.3 is 5.97 Å². The van der Waals surface area contributed by atoms with E-state index in [1.54, 1.807) is 11.8 Å². The van der Waals surface area contributed by atoms with Gasteiger partial charge in [-0.15, -0.1) is 11.8 Å². The molecule has 3 rings (SSSR count). The van der Waals surface area contributed by atoms with Gasteiger partial charge in [0, 0.05) is 15.8 Å². The Hall–Kier alpha value is -2.20. The molecule has 4 heteroatoms. The average molecular weight is 311 g/mol. The van der Waals surface area contributed by atoms with Crippen LogP contribution in [0.15, 0.2) is 47.4 Å². The standard InChI is InChI=1S/C18H17NO2S/c1-11-3-8-16-14(9-11)15(10-17(20)21)18(19-16)12-4-6-13(22-2)7-5-12/h3-9,19H,10H2,1-2H3,(H,20,21). The third-order valence-corrected chi connectivity index (χ3v) is 4.51. The van der Waals surface area contributed by atoms with Crippen molar-refractivity contribution in [1.82, 2.24) is 4.98 Å². The van der Waals surface area contributed by atoms with Gasteiger partial charge in [-0.25, -0.2) is 0 Å². The van der Waals surface area contributed by atoms with E-state index in [0.29, 0.717) is 0 Å². The Bertz CT molecular complexity index is 834. The van der Waals surface area contributed by atoms with Crippen molar-refractivity contribution < 1.29 is 9.90 Å². The topological polar surface area (TPSA) is 53.1 Å². The first kappa shape index (κ1) is 14.7. The van der Waals surface area contributed by atoms with E-state index >= 15 is 0 Å². The fraction of sp³-hybridized carbons (Fsp3) is 0.167. The fourth-order valence-corrected chi connectivity index (χ4v) is 3.11. The largest absolute Gasteiger partial charge is 0.481 e. The number of hydrogen-bond donors (Lipinski definition) is 2. The Labute approximate surface area is 133 Å². The van der Waals surface area contributed by atoms with Crippen molar-refractivity contribution in [1.29, 1.82) is 0 Å². The van der Waals surface area contributed by atoms with Gasteiger partial charge < -0.3 is 10.1 Å². The number of carboxylic acids is 1. The van der Waals surface area contributed by atoms with Gasteiger partial charge in [0.2, 0.25) is 0 Å². The van der Waals surface area contributed by atoms with E-state index in [4.69, 9.17) is 0 Å². The molecule has 22 heavy (non-hydrogen) atoms. The molecule has 0 radical (unpaired) electrons. The molecule has 0 aliphatic heterocycles. The molecule has 0 saturated carbocycles. The van der Waals surface area contributed by atoms with Crippen molar-refractivity contribution in [2.24, 2.45) is 0 Å². The third kappa shape index (κ3) is 2.74. The second-order valence-electron chi connectivity index (χ2n) is 5.33. The number of thioether (sulfide) groups is 1. The van der Waals surface area contributed by atoms with E-state index in [1.807, 2.05) is 43.5 Å². The predicted octanol–water partition coefficient (Wildman–Crippen LogP) is 4.49. The van der Waals surface area contributed by atoms with Crippen molar-refractivity contribution in [3.8, 4) is 11.3 Å². The third-order valence-electron chi connectivity index (χ3n) is 3.77. The molecule has 0 unspecified atom stereocenters. The summed E-state index contributed by atoms with van der Waals surface area (Å²) in [4.78, 5) is 15.8. The summed E-state index contributed by atoms with van der Waals surface area (Å²) < 4.78 is 0. The first-order valence-electron chi connectivity index (χ1n) is 7.06. The number of carbonyl (C=O) groups is 1. The zero-order valence-corrected chi connectivity index (χ0v) is 13.3. The van der Waals surface area contributed by atoms with E-state index < -0.39 is 5.97 Å². The van der Waals surface area contributed by atoms with E-state index in [-0.39, 0.29) is 6.42 Å². The van der Waals surface area contributed by atoms with Gasteiger partial charge in [-0.1, -0.05) is 23.8 Å². The first-order chi connectivity index (χ1) is 10.6. The lowest BCUT2D eigenvalue weighted by Gasteiger charge is -2.04. The first-order valence-corrected chi connectivity index (χ1v) is 8.28. The number of rotatable bonds is 4. The second kappa shape index (κ2) is 5.89. The molecule has 0 spiro atoms. The zero-order chi connectivity index (χ0) is 15.7. The van der Waals surface area contributed by atoms with Crippen LogP contribution in [0.2, 0.25) is 0 Å². The van der Waals surface area contributed by atoms with E-state index in [9.17, 15) is 9.90 Å². The van der Waals surface area contributed by atoms with Crippen LogP contribution in [-0.4, -0.2) is 22.3 Å². The molecule has 1 heterocycles. The summed E-state index contributed by atoms with van der Waals surface area (Å²) in [6.45, 7) is 2.02. The Morgan fingerprint density at radius 1 is 1.18 bits per heavy atom. The quantitative estimate of drug-likeness (QED) is 0.698. The minimum absolute atomic E-state index is 0.0169. The highest BCUT2D eigenvalue weighted by Gasteiger charge is 2.16. The zero-order valence-electron chi connectivity index (χ0n) is 12.5. The van der Waals surface area contributed by atoms with Crippen LogP contribution in [0.25, 0.3) is 22.2 Å². The summed E-state index contributed by atoms with van der Waals surface area (Å²) in [6, 6.07) is 14.3. The smallest absolute Gasteiger partial charge is 0.307 e. The number of aliphatic carboxylic acids is 1. The fourth-order valence-electron chi connectivity index (χ4n) is 2.70. The number of fused-ring (bicyclic) bond motifs is 1. The molecule has 0 saturated heterocycles. The van der Waals surface area contributed by atoms with Crippen molar-refractivity contribution in [3.63, 3.8) is 0 Å². The molecule has 0 aliphatic rings. The number of benzene rings is 2. The highest BCUT2D eigenvalue weighted by atomic mass is 32.2. The molecular formula is C18H17NO2S. The minimum atomic E-state index is -0.815. The number of H-pyrrole nitrogens is 1. The van der Waals surface area contributed by atoms with Gasteiger partial charge in [-0.2, -0.15) is 0 Å². The minimum Gasteiger partial charge on any atom is -0.481 e. The van der Waals surface area contributed by atoms with Gasteiger partial charge in [-0.3, -0.25) is 4.79 Å². The highest BCUT2D eigenvalue weighted by Crippen LogP contribution is 2.32. The van der Waals surface area contributed by atoms with Crippen LogP contribution in [0.3, 0.4) is 0 Å². The van der Waals surface area contributed by atoms with Gasteiger partial charge in [0.1, 0.15) is 0 Å². The molecule has 2 aromatic carbocycles. The van der Waals surface area contributed by atoms with Gasteiger partial charge in [0.15, 0.2) is 0 Å². The van der Waals surface area contributed by atoms with Crippen LogP contribution < -0.4 is 0 Å². The average Bonchev–Trinajstić information content (AvgIpc) is 2.85. The SMILES string of the molecule is CSc1ccc(-c2[nH]c3ccc(C)cc3c2CC(=O)O)cc1. The number of aromatic amines is 1. The van der Waals surface area contributed by atoms with Crippen LogP contribution >= 0.6 is 11.8 Å². The summed E-state index contributed by atoms with van der Waals surface area (Å²) >= 11 is 1.69. The number of hydrogen-bond acceptors (Lipinski definition) is 2. The Balaban J connectivity index is 2.20. The lowest BCUT2D eigenvalue weighted by Crippen LogP contribution is -2.01. The molecule has 2 N–H and O–H groups in total. The van der Waals surface area contributed by atoms with Crippen molar-refractivity contribution >= 4 is 28.6 Å². The molecule has 0 aliphatic carbocycles. The number of aromatic nitrogens is 1. The lowest BCUT2D eigenvalue weighted by atomic mass is 10.0. The number of nitrogens with one attached hydrogen (secondary N) is 1. The molecule has 0 fully saturated rings. The van der Waals surface area contributed by atoms with Gasteiger partial charge in [0.25, 0.3) is 0 Å². The van der Waals surface area contributed by atoms with Crippen LogP contribution in [0.1, 0.15) is 11.1 Å². The van der Waals surface area contributed by atoms with Crippen molar-refractivity contribution in [2.45, 2.75) is 18.2 Å². The number of aryl methyl sites for hydroxylation is 1. The van der Waals surface area contributed by atoms with E-state index in [2.05, 4.69) is 17.1 Å². The molecule has 112 valence electrons. The Morgan fingerprint density at radius 2 is 1.91 bits per heavy atom. The van der Waals surface area contributed by atoms with Crippen LogP contribution in [0, 0.1) is 6.92 Å². The van der Waals surface area contributed by atoms with Gasteiger partial charge in [0.05, 0.1) is 12.1 Å². The Morgan fingerprint density at radius 3 is 2.55 bits per heavy atom. The summed E-state index contributed by atoms with van der Waals surface area (Å²) in [7, 11) is 0. The molecule has 3 aromatic rings. The summed E-state index contributed by atoms with van der Waals surface area (Å²) in [5, 5.41) is 10.2. The normalized spacial score (nSPS) is 11.0. The Kier molecular flexibility index (Phi) is 3.94. The molecule has 1 aromatic heterocycles. The maximum absolute atomic E-state index is 11.3. The van der Waals surface area contributed by atoms with E-state index in [1.165, 1.54) is 4.90 Å². The van der Waals surface area contributed by atoms with Crippen molar-refractivity contribution in [2.75, 3.05) is 6.26 Å². The maximum atomic E-state index is 11.3. The molecule has 0 amide bonds. The number of carboxylic acid groups (broad SMARTS) is 1. The van der Waals surface area contributed by atoms with E-state index in [0.717, 1.165) is 33.3 Å². The molecule has 0 bridgehead atoms.